The number of ketones is 1. The predicted molar refractivity (Wildman–Crippen MR) is 79.5 cm³/mol. The first-order valence-electron chi connectivity index (χ1n) is 6.67. The first kappa shape index (κ1) is 13.5. The fourth-order valence-electron chi connectivity index (χ4n) is 2.39. The van der Waals surface area contributed by atoms with E-state index in [1.165, 1.54) is 16.7 Å². The molecule has 0 saturated carbocycles. The van der Waals surface area contributed by atoms with Crippen LogP contribution in [-0.4, -0.2) is 5.78 Å². The summed E-state index contributed by atoms with van der Waals surface area (Å²) in [5, 5.41) is 0. The van der Waals surface area contributed by atoms with Crippen molar-refractivity contribution in [1.82, 2.24) is 0 Å². The van der Waals surface area contributed by atoms with Crippen LogP contribution in [0.3, 0.4) is 0 Å². The molecular formula is C18H20O. The van der Waals surface area contributed by atoms with Crippen LogP contribution >= 0.6 is 0 Å². The Bertz CT molecular complexity index is 559. The van der Waals surface area contributed by atoms with Gasteiger partial charge in [0.1, 0.15) is 5.78 Å². The van der Waals surface area contributed by atoms with Crippen LogP contribution < -0.4 is 0 Å². The lowest BCUT2D eigenvalue weighted by Crippen LogP contribution is -2.07. The molecule has 1 heteroatoms. The molecular weight excluding hydrogens is 232 g/mol. The van der Waals surface area contributed by atoms with Crippen molar-refractivity contribution in [2.45, 2.75) is 33.6 Å². The van der Waals surface area contributed by atoms with E-state index < -0.39 is 0 Å². The summed E-state index contributed by atoms with van der Waals surface area (Å²) in [5.74, 6) is 0.272. The molecule has 0 amide bonds. The fourth-order valence-corrected chi connectivity index (χ4v) is 2.39. The Hall–Kier alpha value is -1.89. The van der Waals surface area contributed by atoms with Gasteiger partial charge >= 0.3 is 0 Å². The number of benzene rings is 2. The van der Waals surface area contributed by atoms with Crippen molar-refractivity contribution in [1.29, 1.82) is 0 Å². The molecule has 2 rings (SSSR count). The monoisotopic (exact) mass is 252 g/mol. The maximum atomic E-state index is 12.1. The molecule has 0 aliphatic heterocycles. The van der Waals surface area contributed by atoms with Crippen molar-refractivity contribution in [3.63, 3.8) is 0 Å². The van der Waals surface area contributed by atoms with Crippen LogP contribution in [0.25, 0.3) is 0 Å². The van der Waals surface area contributed by atoms with Gasteiger partial charge in [0.15, 0.2) is 0 Å². The van der Waals surface area contributed by atoms with Crippen LogP contribution in [0.1, 0.15) is 27.8 Å². The number of carbonyl (C=O) groups excluding carboxylic acids is 1. The quantitative estimate of drug-likeness (QED) is 0.804. The van der Waals surface area contributed by atoms with Gasteiger partial charge in [-0.2, -0.15) is 0 Å². The average molecular weight is 252 g/mol. The van der Waals surface area contributed by atoms with Gasteiger partial charge < -0.3 is 0 Å². The molecule has 98 valence electrons. The second kappa shape index (κ2) is 5.83. The second-order valence-electron chi connectivity index (χ2n) is 5.37. The highest BCUT2D eigenvalue weighted by molar-refractivity contribution is 5.83. The molecule has 0 heterocycles. The Labute approximate surface area is 115 Å². The van der Waals surface area contributed by atoms with Gasteiger partial charge in [-0.1, -0.05) is 59.2 Å². The Morgan fingerprint density at radius 2 is 1.26 bits per heavy atom. The van der Waals surface area contributed by atoms with Crippen molar-refractivity contribution < 1.29 is 4.79 Å². The average Bonchev–Trinajstić information content (AvgIpc) is 2.30. The minimum absolute atomic E-state index is 0.272. The topological polar surface area (TPSA) is 17.1 Å². The summed E-state index contributed by atoms with van der Waals surface area (Å²) in [6, 6.07) is 14.5. The molecule has 1 nitrogen and oxygen atoms in total. The summed E-state index contributed by atoms with van der Waals surface area (Å²) in [5.41, 5.74) is 5.89. The SMILES string of the molecule is Cc1ccc(CC(=O)Cc2cc(C)cc(C)c2)cc1. The summed E-state index contributed by atoms with van der Waals surface area (Å²) < 4.78 is 0. The highest BCUT2D eigenvalue weighted by atomic mass is 16.1. The maximum absolute atomic E-state index is 12.1. The normalized spacial score (nSPS) is 10.5. The van der Waals surface area contributed by atoms with E-state index in [1.807, 2.05) is 12.1 Å². The molecule has 0 N–H and O–H groups in total. The molecule has 19 heavy (non-hydrogen) atoms. The number of carbonyl (C=O) groups is 1. The molecule has 0 atom stereocenters. The van der Waals surface area contributed by atoms with Gasteiger partial charge in [-0.3, -0.25) is 4.79 Å². The standard InChI is InChI=1S/C18H20O/c1-13-4-6-16(7-5-13)11-18(19)12-17-9-14(2)8-15(3)10-17/h4-10H,11-12H2,1-3H3. The summed E-state index contributed by atoms with van der Waals surface area (Å²) in [6.07, 6.45) is 1.05. The molecule has 0 aromatic heterocycles. The van der Waals surface area contributed by atoms with Crippen LogP contribution in [-0.2, 0) is 17.6 Å². The van der Waals surface area contributed by atoms with Crippen molar-refractivity contribution >= 4 is 5.78 Å². The molecule has 0 bridgehead atoms. The lowest BCUT2D eigenvalue weighted by atomic mass is 9.99. The van der Waals surface area contributed by atoms with E-state index in [4.69, 9.17) is 0 Å². The zero-order valence-corrected chi connectivity index (χ0v) is 11.9. The third-order valence-electron chi connectivity index (χ3n) is 3.20. The van der Waals surface area contributed by atoms with Gasteiger partial charge in [0, 0.05) is 12.8 Å². The van der Waals surface area contributed by atoms with Gasteiger partial charge in [0.2, 0.25) is 0 Å². The summed E-state index contributed by atoms with van der Waals surface area (Å²) in [6.45, 7) is 6.20. The van der Waals surface area contributed by atoms with E-state index >= 15 is 0 Å². The molecule has 0 aliphatic rings. The number of Topliss-reactive ketones (excluding diaryl/α,β-unsaturated/α-hetero) is 1. The highest BCUT2D eigenvalue weighted by Gasteiger charge is 2.06. The number of rotatable bonds is 4. The van der Waals surface area contributed by atoms with Gasteiger partial charge in [-0.25, -0.2) is 0 Å². The zero-order valence-electron chi connectivity index (χ0n) is 11.9. The molecule has 0 saturated heterocycles. The Morgan fingerprint density at radius 1 is 0.737 bits per heavy atom. The van der Waals surface area contributed by atoms with Crippen LogP contribution in [0.2, 0.25) is 0 Å². The van der Waals surface area contributed by atoms with Crippen LogP contribution in [0.5, 0.6) is 0 Å². The van der Waals surface area contributed by atoms with Crippen LogP contribution in [0.15, 0.2) is 42.5 Å². The van der Waals surface area contributed by atoms with E-state index in [0.717, 1.165) is 11.1 Å². The number of hydrogen-bond donors (Lipinski definition) is 0. The van der Waals surface area contributed by atoms with Crippen molar-refractivity contribution in [2.75, 3.05) is 0 Å². The van der Waals surface area contributed by atoms with E-state index in [9.17, 15) is 4.79 Å². The second-order valence-corrected chi connectivity index (χ2v) is 5.37. The van der Waals surface area contributed by atoms with Crippen molar-refractivity contribution in [3.05, 3.63) is 70.3 Å². The first-order chi connectivity index (χ1) is 9.02. The maximum Gasteiger partial charge on any atom is 0.141 e. The molecule has 0 radical (unpaired) electrons. The number of aryl methyl sites for hydroxylation is 3. The fraction of sp³-hybridized carbons (Fsp3) is 0.278. The van der Waals surface area contributed by atoms with Crippen molar-refractivity contribution in [3.8, 4) is 0 Å². The Morgan fingerprint density at radius 3 is 1.84 bits per heavy atom. The largest absolute Gasteiger partial charge is 0.299 e. The first-order valence-corrected chi connectivity index (χ1v) is 6.67. The van der Waals surface area contributed by atoms with Gasteiger partial charge in [-0.05, 0) is 31.9 Å². The predicted octanol–water partition coefficient (Wildman–Crippen LogP) is 3.97. The molecule has 2 aromatic carbocycles. The Balaban J connectivity index is 2.03. The lowest BCUT2D eigenvalue weighted by Gasteiger charge is -2.05. The van der Waals surface area contributed by atoms with Gasteiger partial charge in [-0.15, -0.1) is 0 Å². The number of hydrogen-bond acceptors (Lipinski definition) is 1. The lowest BCUT2D eigenvalue weighted by molar-refractivity contribution is -0.117. The minimum Gasteiger partial charge on any atom is -0.299 e. The van der Waals surface area contributed by atoms with Crippen LogP contribution in [0.4, 0.5) is 0 Å². The third kappa shape index (κ3) is 4.06. The molecule has 0 fully saturated rings. The molecule has 2 aromatic rings. The summed E-state index contributed by atoms with van der Waals surface area (Å²) >= 11 is 0. The van der Waals surface area contributed by atoms with E-state index in [0.29, 0.717) is 12.8 Å². The van der Waals surface area contributed by atoms with Gasteiger partial charge in [0.25, 0.3) is 0 Å². The molecule has 0 spiro atoms. The minimum atomic E-state index is 0.272. The van der Waals surface area contributed by atoms with E-state index in [-0.39, 0.29) is 5.78 Å². The summed E-state index contributed by atoms with van der Waals surface area (Å²) in [7, 11) is 0. The van der Waals surface area contributed by atoms with Crippen molar-refractivity contribution in [2.24, 2.45) is 0 Å². The van der Waals surface area contributed by atoms with E-state index in [2.05, 4.69) is 51.1 Å². The van der Waals surface area contributed by atoms with E-state index in [1.54, 1.807) is 0 Å². The zero-order chi connectivity index (χ0) is 13.8. The summed E-state index contributed by atoms with van der Waals surface area (Å²) in [4.78, 5) is 12.1. The van der Waals surface area contributed by atoms with Crippen LogP contribution in [0, 0.1) is 20.8 Å². The smallest absolute Gasteiger partial charge is 0.141 e. The highest BCUT2D eigenvalue weighted by Crippen LogP contribution is 2.11. The molecule has 0 aliphatic carbocycles. The Kier molecular flexibility index (Phi) is 4.16. The van der Waals surface area contributed by atoms with Gasteiger partial charge in [0.05, 0.1) is 0 Å². The third-order valence-corrected chi connectivity index (χ3v) is 3.20. The molecule has 0 unspecified atom stereocenters.